The van der Waals surface area contributed by atoms with E-state index >= 15 is 0 Å². The summed E-state index contributed by atoms with van der Waals surface area (Å²) in [5.74, 6) is 0.506. The van der Waals surface area contributed by atoms with E-state index in [0.717, 1.165) is 12.0 Å². The minimum absolute atomic E-state index is 0.00875. The average molecular weight is 481 g/mol. The van der Waals surface area contributed by atoms with Crippen LogP contribution in [0.5, 0.6) is 11.5 Å². The number of hydrogen-bond acceptors (Lipinski definition) is 4. The van der Waals surface area contributed by atoms with Crippen LogP contribution in [0.25, 0.3) is 0 Å². The maximum Gasteiger partial charge on any atom is 0.261 e. The third-order valence-electron chi connectivity index (χ3n) is 5.12. The summed E-state index contributed by atoms with van der Waals surface area (Å²) in [6, 6.07) is 11.6. The predicted molar refractivity (Wildman–Crippen MR) is 127 cm³/mol. The van der Waals surface area contributed by atoms with Gasteiger partial charge >= 0.3 is 0 Å². The molecule has 0 radical (unpaired) electrons. The highest BCUT2D eigenvalue weighted by molar-refractivity contribution is 6.35. The monoisotopic (exact) mass is 480 g/mol. The van der Waals surface area contributed by atoms with Gasteiger partial charge in [0.15, 0.2) is 6.61 Å². The molecular formula is C24H30Cl2N2O4. The van der Waals surface area contributed by atoms with Crippen molar-refractivity contribution in [1.82, 2.24) is 10.2 Å². The molecule has 0 fully saturated rings. The van der Waals surface area contributed by atoms with Gasteiger partial charge in [0.25, 0.3) is 5.91 Å². The molecular weight excluding hydrogens is 451 g/mol. The van der Waals surface area contributed by atoms with Crippen molar-refractivity contribution in [3.8, 4) is 11.5 Å². The van der Waals surface area contributed by atoms with Crippen molar-refractivity contribution >= 4 is 35.0 Å². The molecule has 0 saturated carbocycles. The lowest BCUT2D eigenvalue weighted by molar-refractivity contribution is -0.143. The van der Waals surface area contributed by atoms with E-state index in [1.807, 2.05) is 45.0 Å². The molecule has 2 amide bonds. The SMILES string of the molecule is CC[C@@H](C)NC(=O)[C@H](CC)N(Cc1cccc(OC)c1)C(=O)COc1ccc(Cl)cc1Cl. The zero-order chi connectivity index (χ0) is 23.7. The van der Waals surface area contributed by atoms with E-state index in [-0.39, 0.29) is 31.0 Å². The van der Waals surface area contributed by atoms with Crippen molar-refractivity contribution in [1.29, 1.82) is 0 Å². The number of carbonyl (C=O) groups excluding carboxylic acids is 2. The van der Waals surface area contributed by atoms with Crippen LogP contribution in [0, 0.1) is 0 Å². The summed E-state index contributed by atoms with van der Waals surface area (Å²) in [4.78, 5) is 27.7. The van der Waals surface area contributed by atoms with Crippen LogP contribution in [-0.4, -0.2) is 42.5 Å². The van der Waals surface area contributed by atoms with Gasteiger partial charge < -0.3 is 19.7 Å². The van der Waals surface area contributed by atoms with Crippen molar-refractivity contribution in [2.24, 2.45) is 0 Å². The second-order valence-electron chi connectivity index (χ2n) is 7.48. The van der Waals surface area contributed by atoms with Gasteiger partial charge in [0, 0.05) is 17.6 Å². The molecule has 2 aromatic rings. The summed E-state index contributed by atoms with van der Waals surface area (Å²) >= 11 is 12.1. The minimum atomic E-state index is -0.646. The van der Waals surface area contributed by atoms with E-state index in [1.165, 1.54) is 4.90 Å². The normalized spacial score (nSPS) is 12.6. The lowest BCUT2D eigenvalue weighted by Crippen LogP contribution is -2.51. The zero-order valence-corrected chi connectivity index (χ0v) is 20.4. The second kappa shape index (κ2) is 12.6. The molecule has 0 spiro atoms. The number of carbonyl (C=O) groups is 2. The number of methoxy groups -OCH3 is 1. The van der Waals surface area contributed by atoms with E-state index in [2.05, 4.69) is 5.32 Å². The Labute approximate surface area is 199 Å². The van der Waals surface area contributed by atoms with Crippen LogP contribution in [0.15, 0.2) is 42.5 Å². The van der Waals surface area contributed by atoms with E-state index in [9.17, 15) is 9.59 Å². The summed E-state index contributed by atoms with van der Waals surface area (Å²) in [5.41, 5.74) is 0.844. The Morgan fingerprint density at radius 3 is 2.47 bits per heavy atom. The van der Waals surface area contributed by atoms with Crippen molar-refractivity contribution in [3.63, 3.8) is 0 Å². The Kier molecular flexibility index (Phi) is 10.1. The number of nitrogens with zero attached hydrogens (tertiary/aromatic N) is 1. The van der Waals surface area contributed by atoms with Gasteiger partial charge in [0.2, 0.25) is 5.91 Å². The molecule has 1 N–H and O–H groups in total. The van der Waals surface area contributed by atoms with Gasteiger partial charge in [-0.25, -0.2) is 0 Å². The molecule has 2 rings (SSSR count). The largest absolute Gasteiger partial charge is 0.497 e. The summed E-state index contributed by atoms with van der Waals surface area (Å²) in [6.45, 7) is 5.78. The number of nitrogens with one attached hydrogen (secondary N) is 1. The highest BCUT2D eigenvalue weighted by Gasteiger charge is 2.29. The van der Waals surface area contributed by atoms with Crippen LogP contribution < -0.4 is 14.8 Å². The molecule has 0 bridgehead atoms. The summed E-state index contributed by atoms with van der Waals surface area (Å²) < 4.78 is 10.9. The summed E-state index contributed by atoms with van der Waals surface area (Å²) in [6.07, 6.45) is 1.25. The van der Waals surface area contributed by atoms with Gasteiger partial charge in [-0.05, 0) is 55.7 Å². The molecule has 0 aliphatic heterocycles. The average Bonchev–Trinajstić information content (AvgIpc) is 2.78. The lowest BCUT2D eigenvalue weighted by atomic mass is 10.1. The molecule has 0 aliphatic carbocycles. The number of halogens is 2. The van der Waals surface area contributed by atoms with Crippen LogP contribution >= 0.6 is 23.2 Å². The number of rotatable bonds is 11. The summed E-state index contributed by atoms with van der Waals surface area (Å²) in [7, 11) is 1.58. The minimum Gasteiger partial charge on any atom is -0.497 e. The molecule has 2 atom stereocenters. The highest BCUT2D eigenvalue weighted by atomic mass is 35.5. The van der Waals surface area contributed by atoms with E-state index in [0.29, 0.717) is 28.0 Å². The smallest absolute Gasteiger partial charge is 0.261 e. The third-order valence-corrected chi connectivity index (χ3v) is 5.65. The topological polar surface area (TPSA) is 67.9 Å². The van der Waals surface area contributed by atoms with Crippen molar-refractivity contribution < 1.29 is 19.1 Å². The third kappa shape index (κ3) is 7.31. The molecule has 0 aromatic heterocycles. The Bertz CT molecular complexity index is 923. The fourth-order valence-corrected chi connectivity index (χ4v) is 3.61. The molecule has 174 valence electrons. The van der Waals surface area contributed by atoms with E-state index in [1.54, 1.807) is 25.3 Å². The Morgan fingerprint density at radius 1 is 1.09 bits per heavy atom. The molecule has 2 aromatic carbocycles. The standard InChI is InChI=1S/C24H30Cl2N2O4/c1-5-16(3)27-24(30)21(6-2)28(14-17-8-7-9-19(12-17)31-4)23(29)15-32-22-11-10-18(25)13-20(22)26/h7-13,16,21H,5-6,14-15H2,1-4H3,(H,27,30)/t16-,21+/m1/s1. The fourth-order valence-electron chi connectivity index (χ4n) is 3.14. The van der Waals surface area contributed by atoms with Crippen molar-refractivity contribution in [2.45, 2.75) is 52.2 Å². The Balaban J connectivity index is 2.25. The zero-order valence-electron chi connectivity index (χ0n) is 18.9. The molecule has 32 heavy (non-hydrogen) atoms. The van der Waals surface area contributed by atoms with Gasteiger partial charge in [-0.3, -0.25) is 9.59 Å². The van der Waals surface area contributed by atoms with Gasteiger partial charge in [-0.1, -0.05) is 49.2 Å². The van der Waals surface area contributed by atoms with Crippen molar-refractivity contribution in [3.05, 3.63) is 58.1 Å². The number of hydrogen-bond donors (Lipinski definition) is 1. The lowest BCUT2D eigenvalue weighted by Gasteiger charge is -2.31. The first-order chi connectivity index (χ1) is 15.3. The van der Waals surface area contributed by atoms with E-state index < -0.39 is 6.04 Å². The van der Waals surface area contributed by atoms with Gasteiger partial charge in [-0.2, -0.15) is 0 Å². The Morgan fingerprint density at radius 2 is 1.84 bits per heavy atom. The summed E-state index contributed by atoms with van der Waals surface area (Å²) in [5, 5.41) is 3.76. The first-order valence-corrected chi connectivity index (χ1v) is 11.3. The fraction of sp³-hybridized carbons (Fsp3) is 0.417. The van der Waals surface area contributed by atoms with Crippen LogP contribution in [0.4, 0.5) is 0 Å². The van der Waals surface area contributed by atoms with E-state index in [4.69, 9.17) is 32.7 Å². The number of amides is 2. The van der Waals surface area contributed by atoms with Crippen LogP contribution in [0.3, 0.4) is 0 Å². The van der Waals surface area contributed by atoms with Crippen LogP contribution in [-0.2, 0) is 16.1 Å². The molecule has 0 aliphatic rings. The second-order valence-corrected chi connectivity index (χ2v) is 8.32. The van der Waals surface area contributed by atoms with Gasteiger partial charge in [-0.15, -0.1) is 0 Å². The van der Waals surface area contributed by atoms with Crippen LogP contribution in [0.1, 0.15) is 39.2 Å². The number of ether oxygens (including phenoxy) is 2. The molecule has 8 heteroatoms. The quantitative estimate of drug-likeness (QED) is 0.485. The first-order valence-electron chi connectivity index (χ1n) is 10.6. The maximum atomic E-state index is 13.2. The first kappa shape index (κ1) is 25.8. The molecule has 0 saturated heterocycles. The number of benzene rings is 2. The maximum absolute atomic E-state index is 13.2. The highest BCUT2D eigenvalue weighted by Crippen LogP contribution is 2.27. The molecule has 6 nitrogen and oxygen atoms in total. The van der Waals surface area contributed by atoms with Gasteiger partial charge in [0.05, 0.1) is 12.1 Å². The molecule has 0 heterocycles. The van der Waals surface area contributed by atoms with Crippen LogP contribution in [0.2, 0.25) is 10.0 Å². The van der Waals surface area contributed by atoms with Crippen molar-refractivity contribution in [2.75, 3.05) is 13.7 Å². The Hall–Kier alpha value is -2.44. The van der Waals surface area contributed by atoms with Gasteiger partial charge in [0.1, 0.15) is 17.5 Å². The predicted octanol–water partition coefficient (Wildman–Crippen LogP) is 5.10. The molecule has 0 unspecified atom stereocenters.